The third kappa shape index (κ3) is 3.54. The molecule has 0 fully saturated rings. The second-order valence-corrected chi connectivity index (χ2v) is 3.66. The van der Waals surface area contributed by atoms with E-state index in [-0.39, 0.29) is 0 Å². The predicted molar refractivity (Wildman–Crippen MR) is 67.8 cm³/mol. The molecule has 0 aliphatic carbocycles. The third-order valence-electron chi connectivity index (χ3n) is 1.80. The number of hydrogen-bond acceptors (Lipinski definition) is 1. The Morgan fingerprint density at radius 3 is 2.53 bits per heavy atom. The molecule has 0 aliphatic heterocycles. The van der Waals surface area contributed by atoms with E-state index in [9.17, 15) is 0 Å². The summed E-state index contributed by atoms with van der Waals surface area (Å²) in [5.74, 6) is 0. The molecule has 0 N–H and O–H groups in total. The van der Waals surface area contributed by atoms with Gasteiger partial charge in [0.15, 0.2) is 0 Å². The van der Waals surface area contributed by atoms with Crippen molar-refractivity contribution in [2.24, 2.45) is 0 Å². The molecule has 0 saturated carbocycles. The van der Waals surface area contributed by atoms with Crippen LogP contribution in [0.1, 0.15) is 18.2 Å². The Hall–Kier alpha value is -1.05. The predicted octanol–water partition coefficient (Wildman–Crippen LogP) is 4.45. The third-order valence-corrected chi connectivity index (χ3v) is 2.63. The fourth-order valence-corrected chi connectivity index (χ4v) is 1.23. The van der Waals surface area contributed by atoms with E-state index in [1.165, 1.54) is 0 Å². The summed E-state index contributed by atoms with van der Waals surface area (Å²) in [5, 5.41) is 1.00. The minimum Gasteiger partial charge on any atom is -0.256 e. The van der Waals surface area contributed by atoms with Gasteiger partial charge in [-0.25, -0.2) is 0 Å². The van der Waals surface area contributed by atoms with Crippen LogP contribution in [0.25, 0.3) is 12.2 Å². The summed E-state index contributed by atoms with van der Waals surface area (Å²) in [6.07, 6.45) is 6.92. The molecular formula is C12H11Cl2N. The average molecular weight is 240 g/mol. The Labute approximate surface area is 99.7 Å². The molecule has 1 rings (SSSR count). The van der Waals surface area contributed by atoms with E-state index in [1.807, 2.05) is 19.1 Å². The van der Waals surface area contributed by atoms with Crippen LogP contribution in [-0.4, -0.2) is 4.98 Å². The standard InChI is InChI=1S/C12H11Cl2N/c1-3-9-5-6-10(15-8-9)7-12(14)11(13)4-2/h3-8H,1H2,2H3/b11-4+,12-7+. The number of pyridine rings is 1. The van der Waals surface area contributed by atoms with Gasteiger partial charge in [-0.05, 0) is 24.6 Å². The summed E-state index contributed by atoms with van der Waals surface area (Å²) >= 11 is 11.8. The first-order chi connectivity index (χ1) is 7.17. The summed E-state index contributed by atoms with van der Waals surface area (Å²) in [6, 6.07) is 3.78. The summed E-state index contributed by atoms with van der Waals surface area (Å²) in [6.45, 7) is 5.48. The summed E-state index contributed by atoms with van der Waals surface area (Å²) in [7, 11) is 0. The zero-order chi connectivity index (χ0) is 11.3. The van der Waals surface area contributed by atoms with Gasteiger partial charge in [-0.1, -0.05) is 48.0 Å². The van der Waals surface area contributed by atoms with E-state index >= 15 is 0 Å². The molecule has 15 heavy (non-hydrogen) atoms. The van der Waals surface area contributed by atoms with Gasteiger partial charge < -0.3 is 0 Å². The van der Waals surface area contributed by atoms with E-state index in [1.54, 1.807) is 24.4 Å². The van der Waals surface area contributed by atoms with Gasteiger partial charge in [-0.3, -0.25) is 4.98 Å². The van der Waals surface area contributed by atoms with Crippen molar-refractivity contribution in [2.45, 2.75) is 6.92 Å². The van der Waals surface area contributed by atoms with Gasteiger partial charge in [0, 0.05) is 6.20 Å². The van der Waals surface area contributed by atoms with E-state index in [0.29, 0.717) is 10.1 Å². The maximum Gasteiger partial charge on any atom is 0.0645 e. The van der Waals surface area contributed by atoms with Crippen LogP contribution in [0.2, 0.25) is 0 Å². The van der Waals surface area contributed by atoms with Crippen molar-refractivity contribution in [3.05, 3.63) is 52.3 Å². The molecule has 0 spiro atoms. The van der Waals surface area contributed by atoms with Gasteiger partial charge in [-0.2, -0.15) is 0 Å². The van der Waals surface area contributed by atoms with Crippen molar-refractivity contribution in [1.29, 1.82) is 0 Å². The van der Waals surface area contributed by atoms with Crippen LogP contribution in [0.15, 0.2) is 41.0 Å². The molecule has 0 radical (unpaired) electrons. The van der Waals surface area contributed by atoms with Crippen molar-refractivity contribution in [2.75, 3.05) is 0 Å². The van der Waals surface area contributed by atoms with Crippen LogP contribution in [-0.2, 0) is 0 Å². The van der Waals surface area contributed by atoms with Crippen LogP contribution in [0.3, 0.4) is 0 Å². The van der Waals surface area contributed by atoms with E-state index in [0.717, 1.165) is 11.3 Å². The molecule has 1 heterocycles. The van der Waals surface area contributed by atoms with Crippen molar-refractivity contribution in [3.8, 4) is 0 Å². The minimum absolute atomic E-state index is 0.484. The van der Waals surface area contributed by atoms with Gasteiger partial charge in [0.2, 0.25) is 0 Å². The highest BCUT2D eigenvalue weighted by Gasteiger charge is 1.98. The maximum absolute atomic E-state index is 5.94. The molecule has 0 amide bonds. The molecule has 3 heteroatoms. The quantitative estimate of drug-likeness (QED) is 0.711. The lowest BCUT2D eigenvalue weighted by Gasteiger charge is -1.97. The molecule has 0 aliphatic rings. The van der Waals surface area contributed by atoms with E-state index in [2.05, 4.69) is 11.6 Å². The number of aromatic nitrogens is 1. The maximum atomic E-state index is 5.94. The molecule has 1 aromatic rings. The monoisotopic (exact) mass is 239 g/mol. The van der Waals surface area contributed by atoms with Gasteiger partial charge in [0.05, 0.1) is 15.8 Å². The Balaban J connectivity index is 2.94. The van der Waals surface area contributed by atoms with E-state index in [4.69, 9.17) is 23.2 Å². The fraction of sp³-hybridized carbons (Fsp3) is 0.0833. The molecule has 0 aromatic carbocycles. The smallest absolute Gasteiger partial charge is 0.0645 e. The molecule has 1 aromatic heterocycles. The first-order valence-corrected chi connectivity index (χ1v) is 5.21. The number of halogens is 2. The normalized spacial score (nSPS) is 12.7. The van der Waals surface area contributed by atoms with E-state index < -0.39 is 0 Å². The van der Waals surface area contributed by atoms with Crippen LogP contribution in [0.5, 0.6) is 0 Å². The zero-order valence-electron chi connectivity index (χ0n) is 8.37. The Morgan fingerprint density at radius 1 is 1.33 bits per heavy atom. The van der Waals surface area contributed by atoms with Crippen molar-refractivity contribution >= 4 is 35.4 Å². The van der Waals surface area contributed by atoms with Crippen molar-refractivity contribution in [3.63, 3.8) is 0 Å². The number of nitrogens with zero attached hydrogens (tertiary/aromatic N) is 1. The van der Waals surface area contributed by atoms with Crippen LogP contribution in [0.4, 0.5) is 0 Å². The van der Waals surface area contributed by atoms with Gasteiger partial charge >= 0.3 is 0 Å². The van der Waals surface area contributed by atoms with Crippen molar-refractivity contribution < 1.29 is 0 Å². The zero-order valence-corrected chi connectivity index (χ0v) is 9.89. The van der Waals surface area contributed by atoms with Crippen molar-refractivity contribution in [1.82, 2.24) is 4.98 Å². The Kier molecular flexibility index (Phi) is 4.60. The second kappa shape index (κ2) is 5.74. The number of rotatable bonds is 3. The molecule has 0 unspecified atom stereocenters. The van der Waals surface area contributed by atoms with Crippen LogP contribution < -0.4 is 0 Å². The molecule has 1 nitrogen and oxygen atoms in total. The topological polar surface area (TPSA) is 12.9 Å². The Bertz CT molecular complexity index is 402. The summed E-state index contributed by atoms with van der Waals surface area (Å²) in [5.41, 5.74) is 1.74. The van der Waals surface area contributed by atoms with Crippen LogP contribution >= 0.6 is 23.2 Å². The highest BCUT2D eigenvalue weighted by molar-refractivity contribution is 6.45. The van der Waals surface area contributed by atoms with Gasteiger partial charge in [-0.15, -0.1) is 0 Å². The molecule has 0 atom stereocenters. The SMILES string of the molecule is C=Cc1ccc(/C=C(Cl)\C(Cl)=C/C)nc1. The second-order valence-electron chi connectivity index (χ2n) is 2.85. The first kappa shape index (κ1) is 12.0. The van der Waals surface area contributed by atoms with Gasteiger partial charge in [0.1, 0.15) is 0 Å². The molecular weight excluding hydrogens is 229 g/mol. The molecule has 0 saturated heterocycles. The number of allylic oxidation sites excluding steroid dienone is 3. The summed E-state index contributed by atoms with van der Waals surface area (Å²) < 4.78 is 0. The molecule has 0 bridgehead atoms. The lowest BCUT2D eigenvalue weighted by molar-refractivity contribution is 1.28. The van der Waals surface area contributed by atoms with Gasteiger partial charge in [0.25, 0.3) is 0 Å². The fourth-order valence-electron chi connectivity index (χ4n) is 0.960. The Morgan fingerprint density at radius 2 is 2.07 bits per heavy atom. The summed E-state index contributed by atoms with van der Waals surface area (Å²) in [4.78, 5) is 4.19. The minimum atomic E-state index is 0.484. The largest absolute Gasteiger partial charge is 0.256 e. The highest BCUT2D eigenvalue weighted by Crippen LogP contribution is 2.21. The lowest BCUT2D eigenvalue weighted by Crippen LogP contribution is -1.82. The lowest BCUT2D eigenvalue weighted by atomic mass is 10.2. The first-order valence-electron chi connectivity index (χ1n) is 4.45. The van der Waals surface area contributed by atoms with Crippen LogP contribution in [0, 0.1) is 0 Å². The number of hydrogen-bond donors (Lipinski definition) is 0. The average Bonchev–Trinajstić information content (AvgIpc) is 2.29. The highest BCUT2D eigenvalue weighted by atomic mass is 35.5. The molecule has 78 valence electrons.